The zero-order valence-electron chi connectivity index (χ0n) is 22.6. The Morgan fingerprint density at radius 1 is 0.700 bits per heavy atom. The molecular weight excluding hydrogens is 556 g/mol. The fourth-order valence-corrected chi connectivity index (χ4v) is 5.62. The molecule has 0 spiro atoms. The van der Waals surface area contributed by atoms with Crippen LogP contribution in [-0.2, 0) is 19.1 Å². The van der Waals surface area contributed by atoms with Gasteiger partial charge >= 0.3 is 11.9 Å². The van der Waals surface area contributed by atoms with Gasteiger partial charge in [-0.2, -0.15) is 0 Å². The van der Waals surface area contributed by atoms with Crippen LogP contribution in [-0.4, -0.2) is 72.5 Å². The van der Waals surface area contributed by atoms with E-state index in [1.807, 2.05) is 13.8 Å². The molecule has 218 valence electrons. The molecule has 0 aliphatic heterocycles. The van der Waals surface area contributed by atoms with Gasteiger partial charge in [-0.25, -0.2) is 9.59 Å². The van der Waals surface area contributed by atoms with Crippen LogP contribution < -0.4 is 10.6 Å². The minimum Gasteiger partial charge on any atom is -0.480 e. The van der Waals surface area contributed by atoms with Gasteiger partial charge in [0.1, 0.15) is 0 Å². The smallest absolute Gasteiger partial charge is 0.328 e. The largest absolute Gasteiger partial charge is 0.480 e. The minimum atomic E-state index is -1.20. The maximum absolute atomic E-state index is 13.0. The summed E-state index contributed by atoms with van der Waals surface area (Å²) in [6, 6.07) is 11.1. The number of carboxylic acid groups (broad SMARTS) is 2. The Kier molecular flexibility index (Phi) is 15.2. The number of aliphatic carboxylic acids is 2. The van der Waals surface area contributed by atoms with Crippen LogP contribution in [0.5, 0.6) is 0 Å². The first-order chi connectivity index (χ1) is 19.3. The number of carboxylic acids is 2. The second kappa shape index (κ2) is 18.3. The monoisotopic (exact) mass is 592 g/mol. The van der Waals surface area contributed by atoms with Gasteiger partial charge in [-0.1, -0.05) is 72.5 Å². The van der Waals surface area contributed by atoms with E-state index in [2.05, 4.69) is 10.6 Å². The molecule has 0 saturated heterocycles. The van der Waals surface area contributed by atoms with Crippen molar-refractivity contribution in [1.82, 2.24) is 10.6 Å². The molecule has 2 atom stereocenters. The summed E-state index contributed by atoms with van der Waals surface area (Å²) >= 11 is 0. The van der Waals surface area contributed by atoms with Crippen LogP contribution >= 0.6 is 21.6 Å². The second-order valence-electron chi connectivity index (χ2n) is 8.74. The Morgan fingerprint density at radius 3 is 1.43 bits per heavy atom. The zero-order valence-corrected chi connectivity index (χ0v) is 24.2. The number of nitrogens with one attached hydrogen (secondary N) is 2. The highest BCUT2D eigenvalue weighted by Crippen LogP contribution is 2.40. The first kappa shape index (κ1) is 33.1. The van der Waals surface area contributed by atoms with Gasteiger partial charge in [-0.15, -0.1) is 0 Å². The topological polar surface area (TPSA) is 151 Å². The van der Waals surface area contributed by atoms with E-state index in [9.17, 15) is 29.4 Å². The lowest BCUT2D eigenvalue weighted by molar-refractivity contribution is -0.141. The van der Waals surface area contributed by atoms with Gasteiger partial charge in [0.05, 0.1) is 24.3 Å². The molecule has 12 heteroatoms. The average Bonchev–Trinajstić information content (AvgIpc) is 2.95. The van der Waals surface area contributed by atoms with Crippen LogP contribution in [0.15, 0.2) is 58.3 Å². The lowest BCUT2D eigenvalue weighted by Crippen LogP contribution is -2.44. The van der Waals surface area contributed by atoms with Crippen molar-refractivity contribution in [1.29, 1.82) is 0 Å². The molecule has 0 heterocycles. The van der Waals surface area contributed by atoms with Crippen LogP contribution in [0, 0.1) is 0 Å². The van der Waals surface area contributed by atoms with Crippen LogP contribution in [0.25, 0.3) is 0 Å². The summed E-state index contributed by atoms with van der Waals surface area (Å²) in [5, 5.41) is 24.1. The van der Waals surface area contributed by atoms with E-state index < -0.39 is 35.8 Å². The number of rotatable bonds is 19. The molecule has 2 aromatic rings. The molecule has 10 nitrogen and oxygen atoms in total. The molecule has 0 aliphatic rings. The van der Waals surface area contributed by atoms with Crippen LogP contribution in [0.4, 0.5) is 0 Å². The first-order valence-electron chi connectivity index (χ1n) is 13.0. The number of ether oxygens (including phenoxy) is 2. The summed E-state index contributed by atoms with van der Waals surface area (Å²) in [5.41, 5.74) is 0.550. The van der Waals surface area contributed by atoms with Crippen molar-refractivity contribution >= 4 is 45.3 Å². The molecular formula is C28H36N2O8S2. The van der Waals surface area contributed by atoms with Gasteiger partial charge in [0.15, 0.2) is 12.1 Å². The highest BCUT2D eigenvalue weighted by atomic mass is 33.1. The van der Waals surface area contributed by atoms with Gasteiger partial charge in [0, 0.05) is 23.0 Å². The molecule has 0 radical (unpaired) electrons. The Labute approximate surface area is 242 Å². The molecule has 0 saturated carbocycles. The lowest BCUT2D eigenvalue weighted by Gasteiger charge is -2.17. The third-order valence-corrected chi connectivity index (χ3v) is 8.03. The van der Waals surface area contributed by atoms with Gasteiger partial charge in [0.2, 0.25) is 0 Å². The Morgan fingerprint density at radius 2 is 1.07 bits per heavy atom. The molecule has 2 amide bonds. The lowest BCUT2D eigenvalue weighted by atomic mass is 10.2. The van der Waals surface area contributed by atoms with Crippen molar-refractivity contribution in [2.75, 3.05) is 26.4 Å². The van der Waals surface area contributed by atoms with E-state index in [0.29, 0.717) is 23.0 Å². The molecule has 4 N–H and O–H groups in total. The number of carbonyl (C=O) groups excluding carboxylic acids is 2. The summed E-state index contributed by atoms with van der Waals surface area (Å²) in [6.07, 6.45) is 3.40. The average molecular weight is 593 g/mol. The first-order valence-corrected chi connectivity index (χ1v) is 15.2. The summed E-state index contributed by atoms with van der Waals surface area (Å²) < 4.78 is 10.8. The number of benzene rings is 2. The summed E-state index contributed by atoms with van der Waals surface area (Å²) in [4.78, 5) is 50.4. The minimum absolute atomic E-state index is 0.144. The maximum atomic E-state index is 13.0. The highest BCUT2D eigenvalue weighted by Gasteiger charge is 2.24. The van der Waals surface area contributed by atoms with Gasteiger partial charge < -0.3 is 30.3 Å². The van der Waals surface area contributed by atoms with Crippen molar-refractivity contribution in [3.8, 4) is 0 Å². The van der Waals surface area contributed by atoms with Gasteiger partial charge in [-0.3, -0.25) is 9.59 Å². The van der Waals surface area contributed by atoms with Crippen molar-refractivity contribution < 1.29 is 38.9 Å². The summed E-state index contributed by atoms with van der Waals surface area (Å²) in [7, 11) is 2.44. The molecule has 0 fully saturated rings. The van der Waals surface area contributed by atoms with E-state index in [4.69, 9.17) is 9.47 Å². The molecule has 2 aromatic carbocycles. The van der Waals surface area contributed by atoms with Crippen molar-refractivity contribution in [3.05, 3.63) is 59.7 Å². The number of hydrogen-bond donors (Lipinski definition) is 4. The van der Waals surface area contributed by atoms with Crippen molar-refractivity contribution in [2.24, 2.45) is 0 Å². The number of amides is 2. The Balaban J connectivity index is 2.10. The zero-order chi connectivity index (χ0) is 29.3. The standard InChI is InChI=1S/C28H36N2O8S2/c1-3-5-15-37-17-21(27(33)34)29-25(31)19-11-7-9-13-23(19)39-40-24-14-10-8-12-20(24)26(32)30-22(28(35)36)18-38-16-6-4-2/h7-14,21-22H,3-6,15-18H2,1-2H3,(H,29,31)(H,30,32)(H,33,34)(H,35,36)/t21-,22-/m0/s1. The number of carbonyl (C=O) groups is 4. The quantitative estimate of drug-likeness (QED) is 0.136. The van der Waals surface area contributed by atoms with Crippen molar-refractivity contribution in [3.63, 3.8) is 0 Å². The Hall–Kier alpha value is -3.06. The second-order valence-corrected chi connectivity index (χ2v) is 11.0. The normalized spacial score (nSPS) is 12.3. The van der Waals surface area contributed by atoms with E-state index >= 15 is 0 Å². The molecule has 0 bridgehead atoms. The predicted octanol–water partition coefficient (Wildman–Crippen LogP) is 4.49. The molecule has 40 heavy (non-hydrogen) atoms. The van der Waals surface area contributed by atoms with Crippen LogP contribution in [0.2, 0.25) is 0 Å². The van der Waals surface area contributed by atoms with E-state index in [1.165, 1.54) is 21.6 Å². The molecule has 0 unspecified atom stereocenters. The Bertz CT molecular complexity index is 1040. The SMILES string of the molecule is CCCCOC[C@H](NC(=O)c1ccccc1SSc1ccccc1C(=O)N[C@@H](COCCCC)C(=O)O)C(=O)O. The molecule has 0 aromatic heterocycles. The molecule has 2 rings (SSSR count). The van der Waals surface area contributed by atoms with Gasteiger partial charge in [0.25, 0.3) is 11.8 Å². The summed E-state index contributed by atoms with van der Waals surface area (Å²) in [6.45, 7) is 4.52. The predicted molar refractivity (Wildman–Crippen MR) is 154 cm³/mol. The van der Waals surface area contributed by atoms with E-state index in [0.717, 1.165) is 25.7 Å². The number of unbranched alkanes of at least 4 members (excludes halogenated alkanes) is 2. The van der Waals surface area contributed by atoms with E-state index in [1.54, 1.807) is 48.5 Å². The van der Waals surface area contributed by atoms with E-state index in [-0.39, 0.29) is 24.3 Å². The molecule has 0 aliphatic carbocycles. The fourth-order valence-electron chi connectivity index (χ4n) is 3.26. The van der Waals surface area contributed by atoms with Crippen LogP contribution in [0.3, 0.4) is 0 Å². The summed E-state index contributed by atoms with van der Waals surface area (Å²) in [5.74, 6) is -3.51. The third-order valence-electron chi connectivity index (χ3n) is 5.54. The van der Waals surface area contributed by atoms with Crippen molar-refractivity contribution in [2.45, 2.75) is 61.4 Å². The third kappa shape index (κ3) is 11.2. The van der Waals surface area contributed by atoms with Gasteiger partial charge in [-0.05, 0) is 37.1 Å². The number of hydrogen-bond acceptors (Lipinski definition) is 8. The fraction of sp³-hybridized carbons (Fsp3) is 0.429. The highest BCUT2D eigenvalue weighted by molar-refractivity contribution is 8.76. The van der Waals surface area contributed by atoms with Crippen LogP contribution in [0.1, 0.15) is 60.2 Å². The maximum Gasteiger partial charge on any atom is 0.328 e.